The predicted molar refractivity (Wildman–Crippen MR) is 48.1 cm³/mol. The number of alkyl halides is 1. The van der Waals surface area contributed by atoms with Crippen LogP contribution in [0.15, 0.2) is 0 Å². The summed E-state index contributed by atoms with van der Waals surface area (Å²) in [5, 5.41) is 2.72. The zero-order valence-corrected chi connectivity index (χ0v) is 7.81. The molecule has 1 amide bonds. The van der Waals surface area contributed by atoms with E-state index in [1.54, 1.807) is 0 Å². The van der Waals surface area contributed by atoms with Gasteiger partial charge in [-0.2, -0.15) is 0 Å². The first-order valence-electron chi connectivity index (χ1n) is 4.72. The number of halogens is 1. The molecule has 0 aromatic rings. The van der Waals surface area contributed by atoms with Crippen molar-refractivity contribution in [1.29, 1.82) is 0 Å². The van der Waals surface area contributed by atoms with Gasteiger partial charge in [-0.25, -0.2) is 0 Å². The molecule has 1 heterocycles. The van der Waals surface area contributed by atoms with E-state index in [4.69, 9.17) is 11.6 Å². The van der Waals surface area contributed by atoms with Crippen LogP contribution in [0, 0.1) is 5.92 Å². The molecule has 2 rings (SSSR count). The Labute approximate surface area is 77.7 Å². The molecule has 68 valence electrons. The Hall–Kier alpha value is -0.240. The molecule has 0 bridgehead atoms. The van der Waals surface area contributed by atoms with E-state index in [0.29, 0.717) is 12.0 Å². The second-order valence-electron chi connectivity index (χ2n) is 3.86. The molecule has 0 aromatic heterocycles. The van der Waals surface area contributed by atoms with Crippen LogP contribution in [0.25, 0.3) is 0 Å². The van der Waals surface area contributed by atoms with E-state index in [-0.39, 0.29) is 11.3 Å². The van der Waals surface area contributed by atoms with E-state index in [0.717, 1.165) is 12.8 Å². The molecule has 0 radical (unpaired) electrons. The van der Waals surface area contributed by atoms with Crippen LogP contribution in [0.2, 0.25) is 0 Å². The van der Waals surface area contributed by atoms with Crippen LogP contribution in [0.3, 0.4) is 0 Å². The summed E-state index contributed by atoms with van der Waals surface area (Å²) in [5.41, 5.74) is 0. The van der Waals surface area contributed by atoms with Gasteiger partial charge in [-0.1, -0.05) is 12.8 Å². The second-order valence-corrected chi connectivity index (χ2v) is 4.39. The molecule has 1 saturated carbocycles. The van der Waals surface area contributed by atoms with E-state index < -0.39 is 0 Å². The van der Waals surface area contributed by atoms with E-state index in [9.17, 15) is 4.79 Å². The number of carbonyl (C=O) groups is 1. The van der Waals surface area contributed by atoms with Crippen molar-refractivity contribution >= 4 is 17.5 Å². The maximum absolute atomic E-state index is 11.2. The van der Waals surface area contributed by atoms with Gasteiger partial charge in [-0.05, 0) is 25.2 Å². The third-order valence-electron chi connectivity index (χ3n) is 3.03. The maximum Gasteiger partial charge on any atom is 0.238 e. The van der Waals surface area contributed by atoms with Gasteiger partial charge < -0.3 is 5.32 Å². The van der Waals surface area contributed by atoms with Gasteiger partial charge in [0.2, 0.25) is 5.91 Å². The van der Waals surface area contributed by atoms with E-state index >= 15 is 0 Å². The summed E-state index contributed by atoms with van der Waals surface area (Å²) >= 11 is 5.87. The Morgan fingerprint density at radius 2 is 2.08 bits per heavy atom. The highest BCUT2D eigenvalue weighted by Gasteiger charge is 2.35. The minimum Gasteiger partial charge on any atom is -0.352 e. The van der Waals surface area contributed by atoms with Gasteiger partial charge in [-0.15, -0.1) is 11.6 Å². The van der Waals surface area contributed by atoms with Crippen molar-refractivity contribution in [2.45, 2.75) is 43.5 Å². The number of hydrogen-bond acceptors (Lipinski definition) is 1. The van der Waals surface area contributed by atoms with Crippen molar-refractivity contribution in [3.8, 4) is 0 Å². The van der Waals surface area contributed by atoms with Crippen LogP contribution in [-0.2, 0) is 4.79 Å². The lowest BCUT2D eigenvalue weighted by molar-refractivity contribution is -0.124. The van der Waals surface area contributed by atoms with Crippen molar-refractivity contribution < 1.29 is 4.79 Å². The van der Waals surface area contributed by atoms with E-state index in [1.807, 2.05) is 0 Å². The van der Waals surface area contributed by atoms with Gasteiger partial charge in [0.1, 0.15) is 5.38 Å². The van der Waals surface area contributed by atoms with Gasteiger partial charge >= 0.3 is 0 Å². The molecule has 1 saturated heterocycles. The summed E-state index contributed by atoms with van der Waals surface area (Å²) in [6, 6.07) is 0.432. The molecule has 2 aliphatic rings. The summed E-state index contributed by atoms with van der Waals surface area (Å²) in [6.45, 7) is 0. The fraction of sp³-hybridized carbons (Fsp3) is 0.889. The number of nitrogens with one attached hydrogen (secondary N) is 1. The zero-order valence-electron chi connectivity index (χ0n) is 7.05. The summed E-state index contributed by atoms with van der Waals surface area (Å²) in [7, 11) is 0. The lowest BCUT2D eigenvalue weighted by Crippen LogP contribution is -2.51. The maximum atomic E-state index is 11.2. The smallest absolute Gasteiger partial charge is 0.238 e. The van der Waals surface area contributed by atoms with Crippen molar-refractivity contribution in [3.63, 3.8) is 0 Å². The number of hydrogen-bond donors (Lipinski definition) is 1. The molecule has 1 unspecified atom stereocenters. The summed E-state index contributed by atoms with van der Waals surface area (Å²) in [4.78, 5) is 11.2. The van der Waals surface area contributed by atoms with Crippen molar-refractivity contribution in [1.82, 2.24) is 5.32 Å². The molecule has 3 heteroatoms. The van der Waals surface area contributed by atoms with Crippen LogP contribution in [0.1, 0.15) is 32.1 Å². The Morgan fingerprint density at radius 1 is 1.33 bits per heavy atom. The number of fused-ring (bicyclic) bond motifs is 1. The van der Waals surface area contributed by atoms with Crippen LogP contribution in [-0.4, -0.2) is 17.3 Å². The summed E-state index contributed by atoms with van der Waals surface area (Å²) in [5.74, 6) is 0.693. The highest BCUT2D eigenvalue weighted by molar-refractivity contribution is 6.30. The van der Waals surface area contributed by atoms with E-state index in [2.05, 4.69) is 5.32 Å². The number of amides is 1. The summed E-state index contributed by atoms with van der Waals surface area (Å²) in [6.07, 6.45) is 5.85. The molecule has 3 atom stereocenters. The van der Waals surface area contributed by atoms with Crippen LogP contribution in [0.5, 0.6) is 0 Å². The van der Waals surface area contributed by atoms with Gasteiger partial charge in [0.25, 0.3) is 0 Å². The highest BCUT2D eigenvalue weighted by Crippen LogP contribution is 2.32. The highest BCUT2D eigenvalue weighted by atomic mass is 35.5. The van der Waals surface area contributed by atoms with Gasteiger partial charge in [0.15, 0.2) is 0 Å². The minimum absolute atomic E-state index is 0.0415. The van der Waals surface area contributed by atoms with Crippen molar-refractivity contribution in [3.05, 3.63) is 0 Å². The molecule has 0 aromatic carbocycles. The largest absolute Gasteiger partial charge is 0.352 e. The van der Waals surface area contributed by atoms with Crippen LogP contribution >= 0.6 is 11.6 Å². The van der Waals surface area contributed by atoms with Gasteiger partial charge in [0.05, 0.1) is 0 Å². The number of carbonyl (C=O) groups excluding carboxylic acids is 1. The fourth-order valence-corrected chi connectivity index (χ4v) is 2.62. The third-order valence-corrected chi connectivity index (χ3v) is 3.41. The standard InChI is InChI=1S/C9H14ClNO/c10-7-5-6-3-1-2-4-8(6)11-9(7)12/h6-8H,1-5H2,(H,11,12)/t6-,7?,8-/m1/s1. The average molecular weight is 188 g/mol. The lowest BCUT2D eigenvalue weighted by Gasteiger charge is -2.37. The number of piperidine rings is 1. The molecule has 12 heavy (non-hydrogen) atoms. The van der Waals surface area contributed by atoms with Gasteiger partial charge in [-0.3, -0.25) is 4.79 Å². The monoisotopic (exact) mass is 187 g/mol. The minimum atomic E-state index is -0.274. The Bertz CT molecular complexity index is 195. The SMILES string of the molecule is O=C1N[C@@H]2CCCC[C@@H]2CC1Cl. The first kappa shape index (κ1) is 8.36. The van der Waals surface area contributed by atoms with E-state index in [1.165, 1.54) is 19.3 Å². The van der Waals surface area contributed by atoms with Crippen LogP contribution < -0.4 is 5.32 Å². The van der Waals surface area contributed by atoms with Crippen LogP contribution in [0.4, 0.5) is 0 Å². The zero-order chi connectivity index (χ0) is 8.55. The normalized spacial score (nSPS) is 41.8. The molecule has 0 spiro atoms. The molecular formula is C9H14ClNO. The van der Waals surface area contributed by atoms with Crippen molar-refractivity contribution in [2.75, 3.05) is 0 Å². The first-order chi connectivity index (χ1) is 5.77. The topological polar surface area (TPSA) is 29.1 Å². The predicted octanol–water partition coefficient (Wildman–Crippen LogP) is 1.67. The Morgan fingerprint density at radius 3 is 2.92 bits per heavy atom. The quantitative estimate of drug-likeness (QED) is 0.575. The first-order valence-corrected chi connectivity index (χ1v) is 5.15. The molecule has 1 N–H and O–H groups in total. The number of rotatable bonds is 0. The third kappa shape index (κ3) is 1.45. The fourth-order valence-electron chi connectivity index (χ4n) is 2.33. The summed E-state index contributed by atoms with van der Waals surface area (Å²) < 4.78 is 0. The molecule has 2 nitrogen and oxygen atoms in total. The Balaban J connectivity index is 2.02. The Kier molecular flexibility index (Phi) is 2.26. The average Bonchev–Trinajstić information content (AvgIpc) is 2.07. The second kappa shape index (κ2) is 3.25. The molecular weight excluding hydrogens is 174 g/mol. The molecule has 1 aliphatic carbocycles. The lowest BCUT2D eigenvalue weighted by atomic mass is 9.79. The molecule has 1 aliphatic heterocycles. The molecule has 2 fully saturated rings. The van der Waals surface area contributed by atoms with Gasteiger partial charge in [0, 0.05) is 6.04 Å². The van der Waals surface area contributed by atoms with Crippen molar-refractivity contribution in [2.24, 2.45) is 5.92 Å².